The maximum atomic E-state index is 13.0. The van der Waals surface area contributed by atoms with Crippen LogP contribution in [0.5, 0.6) is 11.5 Å². The van der Waals surface area contributed by atoms with Crippen molar-refractivity contribution in [1.82, 2.24) is 14.5 Å². The van der Waals surface area contributed by atoms with Crippen molar-refractivity contribution in [2.24, 2.45) is 0 Å². The maximum Gasteiger partial charge on any atom is 0.356 e. The number of amides is 1. The van der Waals surface area contributed by atoms with Gasteiger partial charge in [-0.05, 0) is 36.2 Å². The largest absolute Gasteiger partial charge is 0.497 e. The highest BCUT2D eigenvalue weighted by atomic mass is 16.5. The van der Waals surface area contributed by atoms with Gasteiger partial charge in [0.05, 0.1) is 38.9 Å². The van der Waals surface area contributed by atoms with Gasteiger partial charge in [0.1, 0.15) is 17.1 Å². The number of esters is 1. The number of ether oxygens (including phenoxy) is 3. The van der Waals surface area contributed by atoms with E-state index < -0.39 is 5.97 Å². The van der Waals surface area contributed by atoms with Crippen molar-refractivity contribution in [2.75, 3.05) is 32.0 Å². The van der Waals surface area contributed by atoms with Crippen LogP contribution < -0.4 is 20.1 Å². The van der Waals surface area contributed by atoms with Gasteiger partial charge in [0.2, 0.25) is 5.91 Å². The van der Waals surface area contributed by atoms with Crippen LogP contribution in [0.25, 0.3) is 21.9 Å². The summed E-state index contributed by atoms with van der Waals surface area (Å²) in [4.78, 5) is 33.2. The summed E-state index contributed by atoms with van der Waals surface area (Å²) in [6, 6.07) is 15.6. The van der Waals surface area contributed by atoms with E-state index >= 15 is 0 Å². The first-order valence-electron chi connectivity index (χ1n) is 12.8. The van der Waals surface area contributed by atoms with Crippen LogP contribution in [-0.4, -0.2) is 47.7 Å². The number of H-pyrrole nitrogens is 1. The van der Waals surface area contributed by atoms with E-state index in [1.54, 1.807) is 20.4 Å². The number of para-hydroxylation sites is 1. The fraction of sp³-hybridized carbons (Fsp3) is 0.233. The predicted molar refractivity (Wildman–Crippen MR) is 154 cm³/mol. The minimum Gasteiger partial charge on any atom is -0.497 e. The molecule has 0 saturated carbocycles. The molecular formula is C30H31N5O5. The molecule has 40 heavy (non-hydrogen) atoms. The number of nitrogens with zero attached hydrogens (tertiary/aromatic N) is 2. The molecule has 0 aliphatic rings. The summed E-state index contributed by atoms with van der Waals surface area (Å²) >= 11 is 0. The van der Waals surface area contributed by atoms with E-state index in [2.05, 4.69) is 21.7 Å². The van der Waals surface area contributed by atoms with Gasteiger partial charge in [-0.15, -0.1) is 0 Å². The standard InChI is InChI=1S/C30H31N5O5/c1-18(36)34-27-24-13-21(31-16-20-9-10-22(38-2)14-26(20)39-3)17-33-29(24)35(28(27)30(37)40-4)12-11-19-15-32-25-8-6-5-7-23(19)25/h5-10,13-15,17,31-32H,11-12,16H2,1-4H3,(H,34,36). The second-order valence-electron chi connectivity index (χ2n) is 9.28. The molecule has 0 fully saturated rings. The Hall–Kier alpha value is -4.99. The summed E-state index contributed by atoms with van der Waals surface area (Å²) in [7, 11) is 4.54. The lowest BCUT2D eigenvalue weighted by Gasteiger charge is -2.12. The third-order valence-electron chi connectivity index (χ3n) is 6.84. The van der Waals surface area contributed by atoms with Gasteiger partial charge >= 0.3 is 5.97 Å². The van der Waals surface area contributed by atoms with Gasteiger partial charge in [0.15, 0.2) is 5.69 Å². The van der Waals surface area contributed by atoms with Crippen LogP contribution >= 0.6 is 0 Å². The monoisotopic (exact) mass is 541 g/mol. The smallest absolute Gasteiger partial charge is 0.356 e. The van der Waals surface area contributed by atoms with Crippen LogP contribution in [0.2, 0.25) is 0 Å². The number of aromatic nitrogens is 3. The van der Waals surface area contributed by atoms with E-state index in [9.17, 15) is 9.59 Å². The lowest BCUT2D eigenvalue weighted by Crippen LogP contribution is -2.16. The molecule has 0 aliphatic carbocycles. The summed E-state index contributed by atoms with van der Waals surface area (Å²) in [5, 5.41) is 7.95. The first-order chi connectivity index (χ1) is 19.4. The summed E-state index contributed by atoms with van der Waals surface area (Å²) in [6.07, 6.45) is 4.32. The number of anilines is 2. The third kappa shape index (κ3) is 5.15. The van der Waals surface area contributed by atoms with Crippen molar-refractivity contribution in [3.05, 3.63) is 77.7 Å². The molecule has 0 bridgehead atoms. The fourth-order valence-corrected chi connectivity index (χ4v) is 4.92. The molecule has 1 amide bonds. The Labute approximate surface area is 231 Å². The van der Waals surface area contributed by atoms with Crippen molar-refractivity contribution in [3.8, 4) is 11.5 Å². The van der Waals surface area contributed by atoms with Crippen LogP contribution in [0, 0.1) is 0 Å². The fourth-order valence-electron chi connectivity index (χ4n) is 4.92. The highest BCUT2D eigenvalue weighted by Gasteiger charge is 2.26. The molecule has 0 atom stereocenters. The molecule has 0 unspecified atom stereocenters. The number of fused-ring (bicyclic) bond motifs is 2. The predicted octanol–water partition coefficient (Wildman–Crippen LogP) is 5.13. The van der Waals surface area contributed by atoms with Crippen molar-refractivity contribution < 1.29 is 23.8 Å². The second-order valence-corrected chi connectivity index (χ2v) is 9.28. The number of hydrogen-bond donors (Lipinski definition) is 3. The summed E-state index contributed by atoms with van der Waals surface area (Å²) in [5.74, 6) is 0.532. The third-order valence-corrected chi connectivity index (χ3v) is 6.84. The lowest BCUT2D eigenvalue weighted by molar-refractivity contribution is -0.114. The molecule has 0 radical (unpaired) electrons. The molecule has 3 N–H and O–H groups in total. The van der Waals surface area contributed by atoms with Gasteiger partial charge in [-0.3, -0.25) is 4.79 Å². The van der Waals surface area contributed by atoms with Gasteiger partial charge in [0, 0.05) is 54.1 Å². The quantitative estimate of drug-likeness (QED) is 0.210. The number of aromatic amines is 1. The summed E-state index contributed by atoms with van der Waals surface area (Å²) in [5.41, 5.74) is 4.97. The van der Waals surface area contributed by atoms with Crippen LogP contribution in [0.15, 0.2) is 60.9 Å². The van der Waals surface area contributed by atoms with E-state index in [0.717, 1.165) is 22.0 Å². The SMILES string of the molecule is COC(=O)c1c(NC(C)=O)c2cc(NCc3ccc(OC)cc3OC)cnc2n1CCc1c[nH]c2ccccc12. The normalized spacial score (nSPS) is 11.0. The van der Waals surface area contributed by atoms with E-state index in [-0.39, 0.29) is 11.6 Å². The van der Waals surface area contributed by atoms with Crippen molar-refractivity contribution in [1.29, 1.82) is 0 Å². The minimum absolute atomic E-state index is 0.244. The Kier molecular flexibility index (Phi) is 7.59. The number of methoxy groups -OCH3 is 3. The first kappa shape index (κ1) is 26.6. The Balaban J connectivity index is 1.52. The van der Waals surface area contributed by atoms with Crippen LogP contribution in [0.3, 0.4) is 0 Å². The molecule has 10 heteroatoms. The van der Waals surface area contributed by atoms with Gasteiger partial charge in [-0.25, -0.2) is 9.78 Å². The van der Waals surface area contributed by atoms with Crippen LogP contribution in [0.4, 0.5) is 11.4 Å². The molecule has 0 aliphatic heterocycles. The number of rotatable bonds is 10. The molecule has 10 nitrogen and oxygen atoms in total. The number of carbonyl (C=O) groups excluding carboxylic acids is 2. The van der Waals surface area contributed by atoms with Gasteiger partial charge in [-0.1, -0.05) is 18.2 Å². The zero-order valence-electron chi connectivity index (χ0n) is 22.8. The molecule has 3 heterocycles. The Morgan fingerprint density at radius 2 is 1.82 bits per heavy atom. The highest BCUT2D eigenvalue weighted by molar-refractivity contribution is 6.11. The summed E-state index contributed by atoms with van der Waals surface area (Å²) < 4.78 is 17.7. The van der Waals surface area contributed by atoms with E-state index in [1.807, 2.05) is 53.2 Å². The molecule has 5 aromatic rings. The first-order valence-corrected chi connectivity index (χ1v) is 12.8. The van der Waals surface area contributed by atoms with E-state index in [0.29, 0.717) is 53.4 Å². The number of hydrogen-bond acceptors (Lipinski definition) is 7. The van der Waals surface area contributed by atoms with Crippen LogP contribution in [0.1, 0.15) is 28.5 Å². The van der Waals surface area contributed by atoms with E-state index in [4.69, 9.17) is 19.2 Å². The maximum absolute atomic E-state index is 13.0. The number of carbonyl (C=O) groups is 2. The van der Waals surface area contributed by atoms with Gasteiger partial charge < -0.3 is 34.4 Å². The van der Waals surface area contributed by atoms with Gasteiger partial charge in [-0.2, -0.15) is 0 Å². The number of pyridine rings is 1. The van der Waals surface area contributed by atoms with Crippen molar-refractivity contribution in [3.63, 3.8) is 0 Å². The summed E-state index contributed by atoms with van der Waals surface area (Å²) in [6.45, 7) is 2.31. The molecule has 206 valence electrons. The van der Waals surface area contributed by atoms with Gasteiger partial charge in [0.25, 0.3) is 0 Å². The Bertz CT molecular complexity index is 1700. The average molecular weight is 542 g/mol. The van der Waals surface area contributed by atoms with Crippen molar-refractivity contribution in [2.45, 2.75) is 26.4 Å². The Morgan fingerprint density at radius 1 is 1.00 bits per heavy atom. The molecular weight excluding hydrogens is 510 g/mol. The molecule has 0 spiro atoms. The lowest BCUT2D eigenvalue weighted by atomic mass is 10.1. The molecule has 5 rings (SSSR count). The zero-order chi connectivity index (χ0) is 28.2. The Morgan fingerprint density at radius 3 is 2.58 bits per heavy atom. The molecule has 0 saturated heterocycles. The number of aryl methyl sites for hydroxylation is 2. The van der Waals surface area contributed by atoms with Crippen molar-refractivity contribution >= 4 is 45.2 Å². The van der Waals surface area contributed by atoms with Crippen LogP contribution in [-0.2, 0) is 29.0 Å². The minimum atomic E-state index is -0.557. The number of nitrogens with one attached hydrogen (secondary N) is 3. The zero-order valence-corrected chi connectivity index (χ0v) is 22.8. The molecule has 2 aromatic carbocycles. The molecule has 3 aromatic heterocycles. The highest BCUT2D eigenvalue weighted by Crippen LogP contribution is 2.34. The van der Waals surface area contributed by atoms with E-state index in [1.165, 1.54) is 14.0 Å². The second kappa shape index (κ2) is 11.4. The average Bonchev–Trinajstić information content (AvgIpc) is 3.52. The number of benzene rings is 2. The topological polar surface area (TPSA) is 120 Å².